The van der Waals surface area contributed by atoms with E-state index in [4.69, 9.17) is 4.74 Å². The first kappa shape index (κ1) is 15.1. The number of benzene rings is 1. The molecule has 1 aliphatic heterocycles. The van der Waals surface area contributed by atoms with Crippen molar-refractivity contribution in [1.82, 2.24) is 0 Å². The van der Waals surface area contributed by atoms with Crippen molar-refractivity contribution in [2.75, 3.05) is 5.32 Å². The maximum atomic E-state index is 13.0. The zero-order valence-electron chi connectivity index (χ0n) is 13.9. The Morgan fingerprint density at radius 1 is 1.18 bits per heavy atom. The Kier molecular flexibility index (Phi) is 2.97. The summed E-state index contributed by atoms with van der Waals surface area (Å²) in [6.07, 6.45) is 1.28. The molecule has 1 aliphatic carbocycles. The molecule has 2 fully saturated rings. The van der Waals surface area contributed by atoms with Gasteiger partial charge in [0.1, 0.15) is 0 Å². The van der Waals surface area contributed by atoms with Gasteiger partial charge >= 0.3 is 5.97 Å². The molecule has 0 aromatic heterocycles. The van der Waals surface area contributed by atoms with Gasteiger partial charge in [0.05, 0.1) is 5.41 Å². The van der Waals surface area contributed by atoms with Crippen molar-refractivity contribution in [2.24, 2.45) is 10.8 Å². The standard InChI is InChI=1S/C18H23NO3/c1-11-7-6-8-13(12(11)2)19-14(20)18-10-9-17(5,15(21)22-18)16(18,3)4/h6-8H,9-10H2,1-5H3,(H,19,20)/t17-,18+/m0/s1. The van der Waals surface area contributed by atoms with E-state index < -0.39 is 16.4 Å². The normalized spacial score (nSPS) is 32.0. The molecule has 1 aromatic carbocycles. The van der Waals surface area contributed by atoms with Gasteiger partial charge in [-0.25, -0.2) is 0 Å². The Bertz CT molecular complexity index is 679. The summed E-state index contributed by atoms with van der Waals surface area (Å²) in [4.78, 5) is 25.2. The number of hydrogen-bond acceptors (Lipinski definition) is 3. The van der Waals surface area contributed by atoms with E-state index in [0.717, 1.165) is 16.8 Å². The molecule has 22 heavy (non-hydrogen) atoms. The van der Waals surface area contributed by atoms with Crippen LogP contribution >= 0.6 is 0 Å². The highest BCUT2D eigenvalue weighted by Gasteiger charge is 2.75. The molecule has 0 spiro atoms. The maximum absolute atomic E-state index is 13.0. The second-order valence-electron chi connectivity index (χ2n) is 7.38. The minimum Gasteiger partial charge on any atom is -0.448 e. The third-order valence-corrected chi connectivity index (χ3v) is 6.30. The summed E-state index contributed by atoms with van der Waals surface area (Å²) in [5.74, 6) is -0.458. The Labute approximate surface area is 131 Å². The molecule has 1 aromatic rings. The molecule has 118 valence electrons. The quantitative estimate of drug-likeness (QED) is 0.852. The fourth-order valence-electron chi connectivity index (χ4n) is 3.86. The molecular weight excluding hydrogens is 278 g/mol. The van der Waals surface area contributed by atoms with E-state index in [1.807, 2.05) is 52.8 Å². The van der Waals surface area contributed by atoms with Crippen molar-refractivity contribution in [3.8, 4) is 0 Å². The van der Waals surface area contributed by atoms with E-state index >= 15 is 0 Å². The fourth-order valence-corrected chi connectivity index (χ4v) is 3.86. The lowest BCUT2D eigenvalue weighted by molar-refractivity contribution is -0.165. The number of nitrogens with one attached hydrogen (secondary N) is 1. The van der Waals surface area contributed by atoms with Crippen molar-refractivity contribution in [1.29, 1.82) is 0 Å². The van der Waals surface area contributed by atoms with Gasteiger partial charge in [0.25, 0.3) is 5.91 Å². The topological polar surface area (TPSA) is 55.4 Å². The van der Waals surface area contributed by atoms with E-state index in [2.05, 4.69) is 5.32 Å². The average Bonchev–Trinajstić information content (AvgIpc) is 2.74. The summed E-state index contributed by atoms with van der Waals surface area (Å²) < 4.78 is 5.62. The molecule has 1 saturated carbocycles. The van der Waals surface area contributed by atoms with E-state index in [0.29, 0.717) is 12.8 Å². The predicted octanol–water partition coefficient (Wildman–Crippen LogP) is 3.36. The number of hydrogen-bond donors (Lipinski definition) is 1. The Morgan fingerprint density at radius 3 is 2.41 bits per heavy atom. The molecule has 1 heterocycles. The highest BCUT2D eigenvalue weighted by Crippen LogP contribution is 2.65. The number of amides is 1. The third-order valence-electron chi connectivity index (χ3n) is 6.30. The van der Waals surface area contributed by atoms with E-state index in [1.165, 1.54) is 0 Å². The number of anilines is 1. The molecule has 0 unspecified atom stereocenters. The third kappa shape index (κ3) is 1.58. The summed E-state index contributed by atoms with van der Waals surface area (Å²) in [5.41, 5.74) is 0.788. The molecule has 1 N–H and O–H groups in total. The molecule has 1 amide bonds. The molecule has 3 rings (SSSR count). The average molecular weight is 301 g/mol. The summed E-state index contributed by atoms with van der Waals surface area (Å²) >= 11 is 0. The van der Waals surface area contributed by atoms with Crippen LogP contribution in [-0.2, 0) is 14.3 Å². The fraction of sp³-hybridized carbons (Fsp3) is 0.556. The largest absolute Gasteiger partial charge is 0.448 e. The van der Waals surface area contributed by atoms with Crippen molar-refractivity contribution in [3.63, 3.8) is 0 Å². The first-order valence-electron chi connectivity index (χ1n) is 7.77. The molecule has 2 aliphatic rings. The molecule has 4 heteroatoms. The van der Waals surface area contributed by atoms with Crippen LogP contribution in [0.2, 0.25) is 0 Å². The Morgan fingerprint density at radius 2 is 1.86 bits per heavy atom. The van der Waals surface area contributed by atoms with Crippen LogP contribution in [0.25, 0.3) is 0 Å². The van der Waals surface area contributed by atoms with Crippen molar-refractivity contribution in [2.45, 2.75) is 53.1 Å². The molecule has 2 atom stereocenters. The number of esters is 1. The van der Waals surface area contributed by atoms with Crippen LogP contribution in [0.3, 0.4) is 0 Å². The Hall–Kier alpha value is -1.84. The van der Waals surface area contributed by atoms with Crippen LogP contribution in [0, 0.1) is 24.7 Å². The summed E-state index contributed by atoms with van der Waals surface area (Å²) in [6, 6.07) is 5.81. The van der Waals surface area contributed by atoms with Crippen molar-refractivity contribution in [3.05, 3.63) is 29.3 Å². The SMILES string of the molecule is Cc1cccc(NC(=O)[C@@]23CC[C@@](C)(C(=O)O2)C3(C)C)c1C. The number of fused-ring (bicyclic) bond motifs is 2. The van der Waals surface area contributed by atoms with Crippen molar-refractivity contribution >= 4 is 17.6 Å². The van der Waals surface area contributed by atoms with Gasteiger partial charge in [-0.15, -0.1) is 0 Å². The van der Waals surface area contributed by atoms with Gasteiger partial charge in [0.2, 0.25) is 0 Å². The number of carbonyl (C=O) groups excluding carboxylic acids is 2. The molecule has 1 saturated heterocycles. The van der Waals surface area contributed by atoms with Crippen LogP contribution in [0.1, 0.15) is 44.7 Å². The zero-order chi connectivity index (χ0) is 16.3. The van der Waals surface area contributed by atoms with Gasteiger partial charge in [-0.2, -0.15) is 0 Å². The first-order chi connectivity index (χ1) is 10.2. The van der Waals surface area contributed by atoms with Crippen LogP contribution in [-0.4, -0.2) is 17.5 Å². The second-order valence-corrected chi connectivity index (χ2v) is 7.38. The van der Waals surface area contributed by atoms with Gasteiger partial charge in [-0.1, -0.05) is 26.0 Å². The predicted molar refractivity (Wildman–Crippen MR) is 84.5 cm³/mol. The van der Waals surface area contributed by atoms with Crippen molar-refractivity contribution < 1.29 is 14.3 Å². The lowest BCUT2D eigenvalue weighted by Gasteiger charge is -2.35. The van der Waals surface area contributed by atoms with E-state index in [9.17, 15) is 9.59 Å². The lowest BCUT2D eigenvalue weighted by Crippen LogP contribution is -2.50. The van der Waals surface area contributed by atoms with Crippen LogP contribution in [0.15, 0.2) is 18.2 Å². The molecular formula is C18H23NO3. The monoisotopic (exact) mass is 301 g/mol. The van der Waals surface area contributed by atoms with E-state index in [-0.39, 0.29) is 11.9 Å². The number of aryl methyl sites for hydroxylation is 1. The van der Waals surface area contributed by atoms with Gasteiger partial charge < -0.3 is 10.1 Å². The van der Waals surface area contributed by atoms with Gasteiger partial charge in [-0.3, -0.25) is 9.59 Å². The minimum atomic E-state index is -1.06. The maximum Gasteiger partial charge on any atom is 0.313 e. The summed E-state index contributed by atoms with van der Waals surface area (Å²) in [6.45, 7) is 9.83. The molecule has 2 bridgehead atoms. The van der Waals surface area contributed by atoms with Crippen LogP contribution < -0.4 is 5.32 Å². The van der Waals surface area contributed by atoms with Gasteiger partial charge in [-0.05, 0) is 50.8 Å². The number of rotatable bonds is 2. The highest BCUT2D eigenvalue weighted by atomic mass is 16.6. The number of ether oxygens (including phenoxy) is 1. The Balaban J connectivity index is 1.96. The summed E-state index contributed by atoms with van der Waals surface area (Å²) in [7, 11) is 0. The highest BCUT2D eigenvalue weighted by molar-refractivity contribution is 6.03. The zero-order valence-corrected chi connectivity index (χ0v) is 13.9. The molecule has 0 radical (unpaired) electrons. The molecule has 4 nitrogen and oxygen atoms in total. The minimum absolute atomic E-state index is 0.208. The van der Waals surface area contributed by atoms with Crippen LogP contribution in [0.4, 0.5) is 5.69 Å². The smallest absolute Gasteiger partial charge is 0.313 e. The second kappa shape index (κ2) is 4.34. The lowest BCUT2D eigenvalue weighted by atomic mass is 9.66. The first-order valence-corrected chi connectivity index (χ1v) is 7.77. The number of carbonyl (C=O) groups is 2. The summed E-state index contributed by atoms with van der Waals surface area (Å²) in [5, 5.41) is 2.99. The van der Waals surface area contributed by atoms with Crippen LogP contribution in [0.5, 0.6) is 0 Å². The van der Waals surface area contributed by atoms with Gasteiger partial charge in [0, 0.05) is 11.1 Å². The van der Waals surface area contributed by atoms with E-state index in [1.54, 1.807) is 0 Å². The van der Waals surface area contributed by atoms with Gasteiger partial charge in [0.15, 0.2) is 5.60 Å².